The van der Waals surface area contributed by atoms with Gasteiger partial charge in [-0.05, 0) is 73.0 Å². The smallest absolute Gasteiger partial charge is 0.285 e. The van der Waals surface area contributed by atoms with Crippen molar-refractivity contribution in [3.05, 3.63) is 91.0 Å². The highest BCUT2D eigenvalue weighted by Gasteiger charge is 2.37. The van der Waals surface area contributed by atoms with E-state index in [2.05, 4.69) is 82.4 Å². The van der Waals surface area contributed by atoms with Crippen molar-refractivity contribution in [2.24, 2.45) is 5.90 Å². The van der Waals surface area contributed by atoms with Crippen LogP contribution in [-0.2, 0) is 9.05 Å². The zero-order valence-corrected chi connectivity index (χ0v) is 39.0. The summed E-state index contributed by atoms with van der Waals surface area (Å²) >= 11 is 0. The van der Waals surface area contributed by atoms with Gasteiger partial charge in [0.05, 0.1) is 0 Å². The molecule has 0 amide bonds. The van der Waals surface area contributed by atoms with Crippen molar-refractivity contribution in [3.63, 3.8) is 0 Å². The van der Waals surface area contributed by atoms with Gasteiger partial charge in [0, 0.05) is 15.0 Å². The lowest BCUT2D eigenvalue weighted by Crippen LogP contribution is -2.67. The van der Waals surface area contributed by atoms with Crippen molar-refractivity contribution in [2.45, 2.75) is 111 Å². The molecular formula is C36H70N2O4Si6. The molecule has 3 rings (SSSR count). The molecule has 0 aliphatic rings. The van der Waals surface area contributed by atoms with Gasteiger partial charge in [0.25, 0.3) is 8.32 Å². The maximum Gasteiger partial charge on any atom is 0.285 e. The van der Waals surface area contributed by atoms with Gasteiger partial charge in [-0.15, -0.1) is 0 Å². The predicted octanol–water partition coefficient (Wildman–Crippen LogP) is 7.26. The first-order chi connectivity index (χ1) is 22.1. The summed E-state index contributed by atoms with van der Waals surface area (Å²) in [6.45, 7) is 31.0. The van der Waals surface area contributed by atoms with Crippen LogP contribution in [0.3, 0.4) is 0 Å². The van der Waals surface area contributed by atoms with E-state index in [1.165, 1.54) is 6.17 Å². The van der Waals surface area contributed by atoms with Crippen LogP contribution in [0, 0.1) is 0 Å². The SMILES string of the molecule is CC[Si](O)(CC)CC.C[SiH](C)CN(O[Si](C)(C)C)[Si](C)(C)C.C[Si](C)(C)ON.O[Si](c1ccccc1)(c1ccccc1)c1ccccc1. The molecule has 0 bridgehead atoms. The van der Waals surface area contributed by atoms with Crippen molar-refractivity contribution >= 4 is 65.9 Å². The van der Waals surface area contributed by atoms with Gasteiger partial charge in [0.2, 0.25) is 16.6 Å². The molecule has 4 N–H and O–H groups in total. The third-order valence-electron chi connectivity index (χ3n) is 7.57. The molecule has 0 heterocycles. The van der Waals surface area contributed by atoms with E-state index in [0.717, 1.165) is 33.7 Å². The van der Waals surface area contributed by atoms with Crippen LogP contribution in [-0.4, -0.2) is 70.8 Å². The van der Waals surface area contributed by atoms with Gasteiger partial charge < -0.3 is 18.6 Å². The van der Waals surface area contributed by atoms with Crippen LogP contribution in [0.4, 0.5) is 0 Å². The van der Waals surface area contributed by atoms with E-state index in [0.29, 0.717) is 0 Å². The van der Waals surface area contributed by atoms with E-state index in [4.69, 9.17) is 10.4 Å². The van der Waals surface area contributed by atoms with Gasteiger partial charge in [-0.25, -0.2) is 10.6 Å². The molecule has 0 radical (unpaired) electrons. The van der Waals surface area contributed by atoms with Crippen molar-refractivity contribution < 1.29 is 18.6 Å². The lowest BCUT2D eigenvalue weighted by atomic mass is 10.3. The average Bonchev–Trinajstić information content (AvgIpc) is 3.04. The molecule has 0 aliphatic heterocycles. The minimum Gasteiger partial charge on any atom is -0.432 e. The van der Waals surface area contributed by atoms with Crippen LogP contribution in [0.1, 0.15) is 20.8 Å². The first-order valence-corrected chi connectivity index (χ1v) is 35.4. The molecule has 48 heavy (non-hydrogen) atoms. The van der Waals surface area contributed by atoms with Gasteiger partial charge in [-0.3, -0.25) is 0 Å². The van der Waals surface area contributed by atoms with Gasteiger partial charge in [-0.2, -0.15) is 0 Å². The van der Waals surface area contributed by atoms with Crippen molar-refractivity contribution in [1.29, 1.82) is 0 Å². The second kappa shape index (κ2) is 21.8. The molecule has 12 heteroatoms. The van der Waals surface area contributed by atoms with E-state index in [1.807, 2.05) is 111 Å². The highest BCUT2D eigenvalue weighted by atomic mass is 28.4. The molecule has 0 atom stereocenters. The molecule has 0 fully saturated rings. The predicted molar refractivity (Wildman–Crippen MR) is 228 cm³/mol. The Morgan fingerprint density at radius 2 is 0.875 bits per heavy atom. The van der Waals surface area contributed by atoms with Crippen LogP contribution >= 0.6 is 0 Å². The number of hydroxylamine groups is 1. The van der Waals surface area contributed by atoms with Crippen molar-refractivity contribution in [1.82, 2.24) is 4.73 Å². The Bertz CT molecular complexity index is 1130. The van der Waals surface area contributed by atoms with E-state index >= 15 is 0 Å². The Morgan fingerprint density at radius 1 is 0.583 bits per heavy atom. The molecule has 0 aromatic heterocycles. The zero-order valence-electron chi connectivity index (χ0n) is 32.8. The third kappa shape index (κ3) is 18.6. The van der Waals surface area contributed by atoms with Crippen LogP contribution in [0.25, 0.3) is 0 Å². The monoisotopic (exact) mass is 762 g/mol. The lowest BCUT2D eigenvalue weighted by molar-refractivity contribution is 0.0311. The van der Waals surface area contributed by atoms with Crippen LogP contribution in [0.2, 0.25) is 90.1 Å². The summed E-state index contributed by atoms with van der Waals surface area (Å²) < 4.78 is 13.1. The minimum atomic E-state index is -2.88. The number of rotatable bonds is 12. The first kappa shape index (κ1) is 46.7. The summed E-state index contributed by atoms with van der Waals surface area (Å²) in [5.74, 6) is 4.87. The molecule has 0 aliphatic carbocycles. The number of benzene rings is 3. The molecule has 0 unspecified atom stereocenters. The molecular weight excluding hydrogens is 693 g/mol. The molecule has 3 aromatic rings. The number of nitrogens with two attached hydrogens (primary N) is 1. The number of hydrogen-bond donors (Lipinski definition) is 3. The molecule has 0 spiro atoms. The Hall–Kier alpha value is -1.28. The van der Waals surface area contributed by atoms with Gasteiger partial charge >= 0.3 is 0 Å². The molecule has 6 nitrogen and oxygen atoms in total. The minimum absolute atomic E-state index is 0.560. The van der Waals surface area contributed by atoms with E-state index in [1.54, 1.807) is 0 Å². The first-order valence-electron chi connectivity index (χ1n) is 17.5. The summed E-state index contributed by atoms with van der Waals surface area (Å²) in [5, 5.41) is 3.03. The van der Waals surface area contributed by atoms with E-state index < -0.39 is 50.3 Å². The fourth-order valence-electron chi connectivity index (χ4n) is 4.40. The van der Waals surface area contributed by atoms with Gasteiger partial charge in [0.15, 0.2) is 8.32 Å². The second-order valence-electron chi connectivity index (χ2n) is 15.7. The van der Waals surface area contributed by atoms with E-state index in [-0.39, 0.29) is 0 Å². The summed E-state index contributed by atoms with van der Waals surface area (Å²) in [6, 6.07) is 33.0. The lowest BCUT2D eigenvalue weighted by Gasteiger charge is -2.38. The second-order valence-corrected chi connectivity index (χ2v) is 40.2. The highest BCUT2D eigenvalue weighted by molar-refractivity contribution is 7.06. The highest BCUT2D eigenvalue weighted by Crippen LogP contribution is 2.16. The van der Waals surface area contributed by atoms with Gasteiger partial charge in [-0.1, -0.05) is 145 Å². The normalized spacial score (nSPS) is 12.3. The molecule has 0 saturated heterocycles. The zero-order chi connectivity index (χ0) is 37.2. The van der Waals surface area contributed by atoms with Crippen LogP contribution < -0.4 is 21.5 Å². The maximum atomic E-state index is 11.6. The maximum absolute atomic E-state index is 11.6. The standard InChI is InChI=1S/C18H16OSi.C9H27NOSi3.C6H16OSi.C3H11NOSi/c19-20(16-10-4-1-5-11-16,17-12-6-2-7-13-17)18-14-8-3-9-15-18;1-12(2)9-10(13(3,4)5)11-14(6,7)8;1-4-8(7,5-2)6-3;1-6(2,3)5-4/h1-15,19H;12H,9H2,1-8H3;7H,4-6H2,1-3H3;4H2,1-3H3. The summed E-state index contributed by atoms with van der Waals surface area (Å²) in [4.78, 5) is 21.1. The fourth-order valence-corrected chi connectivity index (χ4v) is 15.7. The Kier molecular flexibility index (Phi) is 21.2. The summed E-state index contributed by atoms with van der Waals surface area (Å²) in [7, 11) is -9.15. The largest absolute Gasteiger partial charge is 0.432 e. The van der Waals surface area contributed by atoms with Gasteiger partial charge in [0.1, 0.15) is 8.24 Å². The Balaban J connectivity index is 0.000000687. The van der Waals surface area contributed by atoms with Crippen molar-refractivity contribution in [3.8, 4) is 0 Å². The Labute approximate surface area is 301 Å². The van der Waals surface area contributed by atoms with Crippen molar-refractivity contribution in [2.75, 3.05) is 6.17 Å². The quantitative estimate of drug-likeness (QED) is 0.102. The molecule has 0 saturated carbocycles. The number of hydrogen-bond acceptors (Lipinski definition) is 6. The summed E-state index contributed by atoms with van der Waals surface area (Å²) in [6.07, 6.45) is 1.21. The molecule has 272 valence electrons. The van der Waals surface area contributed by atoms with Crippen LogP contribution in [0.15, 0.2) is 91.0 Å². The third-order valence-corrected chi connectivity index (χ3v) is 19.9. The average molecular weight is 763 g/mol. The van der Waals surface area contributed by atoms with E-state index in [9.17, 15) is 9.59 Å². The number of nitrogens with zero attached hydrogens (tertiary/aromatic N) is 1. The molecule has 3 aromatic carbocycles. The summed E-state index contributed by atoms with van der Waals surface area (Å²) in [5.41, 5.74) is 0. The van der Waals surface area contributed by atoms with Crippen LogP contribution in [0.5, 0.6) is 0 Å². The Morgan fingerprint density at radius 3 is 1.04 bits per heavy atom. The topological polar surface area (TPSA) is 88.2 Å². The fraction of sp³-hybridized carbons (Fsp3) is 0.500.